The number of benzene rings is 1. The number of halogens is 1. The van der Waals surface area contributed by atoms with Gasteiger partial charge >= 0.3 is 0 Å². The lowest BCUT2D eigenvalue weighted by Gasteiger charge is -2.16. The summed E-state index contributed by atoms with van der Waals surface area (Å²) < 4.78 is 12.9. The van der Waals surface area contributed by atoms with Crippen LogP contribution in [0.4, 0.5) is 15.2 Å². The van der Waals surface area contributed by atoms with Gasteiger partial charge in [0.1, 0.15) is 5.82 Å². The lowest BCUT2D eigenvalue weighted by atomic mass is 10.0. The van der Waals surface area contributed by atoms with Gasteiger partial charge in [0.05, 0.1) is 11.8 Å². The summed E-state index contributed by atoms with van der Waals surface area (Å²) in [6, 6.07) is 6.33. The van der Waals surface area contributed by atoms with E-state index in [0.29, 0.717) is 0 Å². The SMILES string of the molecule is CN(c1ccc(F)cc1)c1nc2c(s1)CCCC2O. The molecule has 1 aromatic carbocycles. The quantitative estimate of drug-likeness (QED) is 0.914. The van der Waals surface area contributed by atoms with Crippen molar-refractivity contribution in [2.24, 2.45) is 0 Å². The molecule has 0 aliphatic heterocycles. The van der Waals surface area contributed by atoms with E-state index in [-0.39, 0.29) is 5.82 Å². The smallest absolute Gasteiger partial charge is 0.190 e. The van der Waals surface area contributed by atoms with Crippen LogP contribution < -0.4 is 4.90 Å². The first-order valence-electron chi connectivity index (χ1n) is 6.32. The molecular weight excluding hydrogens is 263 g/mol. The number of nitrogens with zero attached hydrogens (tertiary/aromatic N) is 2. The largest absolute Gasteiger partial charge is 0.387 e. The first-order chi connectivity index (χ1) is 9.15. The summed E-state index contributed by atoms with van der Waals surface area (Å²) in [7, 11) is 1.91. The number of aliphatic hydroxyl groups excluding tert-OH is 1. The molecule has 3 rings (SSSR count). The molecule has 3 nitrogen and oxygen atoms in total. The molecule has 1 aromatic heterocycles. The van der Waals surface area contributed by atoms with Crippen LogP contribution in [0, 0.1) is 5.82 Å². The summed E-state index contributed by atoms with van der Waals surface area (Å²) in [6.07, 6.45) is 2.35. The third-order valence-electron chi connectivity index (χ3n) is 3.41. The molecule has 1 atom stereocenters. The maximum absolute atomic E-state index is 12.9. The predicted octanol–water partition coefficient (Wildman–Crippen LogP) is 3.42. The van der Waals surface area contributed by atoms with E-state index < -0.39 is 6.10 Å². The topological polar surface area (TPSA) is 36.4 Å². The fraction of sp³-hybridized carbons (Fsp3) is 0.357. The highest BCUT2D eigenvalue weighted by Crippen LogP contribution is 2.38. The van der Waals surface area contributed by atoms with Crippen LogP contribution in [0.15, 0.2) is 24.3 Å². The molecule has 2 aromatic rings. The highest BCUT2D eigenvalue weighted by Gasteiger charge is 2.24. The Labute approximate surface area is 115 Å². The van der Waals surface area contributed by atoms with Gasteiger partial charge in [0.25, 0.3) is 0 Å². The van der Waals surface area contributed by atoms with Gasteiger partial charge in [0, 0.05) is 17.6 Å². The van der Waals surface area contributed by atoms with E-state index in [2.05, 4.69) is 4.98 Å². The van der Waals surface area contributed by atoms with Crippen LogP contribution in [0.3, 0.4) is 0 Å². The average molecular weight is 278 g/mol. The zero-order valence-corrected chi connectivity index (χ0v) is 11.5. The fourth-order valence-electron chi connectivity index (χ4n) is 2.30. The van der Waals surface area contributed by atoms with Crippen molar-refractivity contribution in [3.8, 4) is 0 Å². The number of hydrogen-bond acceptors (Lipinski definition) is 4. The second-order valence-electron chi connectivity index (χ2n) is 4.75. The molecule has 0 saturated carbocycles. The van der Waals surface area contributed by atoms with Crippen LogP contribution in [0.5, 0.6) is 0 Å². The van der Waals surface area contributed by atoms with Crippen molar-refractivity contribution in [2.45, 2.75) is 25.4 Å². The Kier molecular flexibility index (Phi) is 3.24. The van der Waals surface area contributed by atoms with Gasteiger partial charge in [-0.3, -0.25) is 0 Å². The first kappa shape index (κ1) is 12.6. The van der Waals surface area contributed by atoms with E-state index >= 15 is 0 Å². The van der Waals surface area contributed by atoms with Crippen molar-refractivity contribution in [3.05, 3.63) is 40.7 Å². The normalized spacial score (nSPS) is 18.2. The first-order valence-corrected chi connectivity index (χ1v) is 7.14. The summed E-state index contributed by atoms with van der Waals surface area (Å²) in [6.45, 7) is 0. The third kappa shape index (κ3) is 2.35. The van der Waals surface area contributed by atoms with Crippen molar-refractivity contribution < 1.29 is 9.50 Å². The van der Waals surface area contributed by atoms with E-state index in [1.807, 2.05) is 11.9 Å². The number of fused-ring (bicyclic) bond motifs is 1. The number of rotatable bonds is 2. The number of hydrogen-bond donors (Lipinski definition) is 1. The molecule has 0 spiro atoms. The van der Waals surface area contributed by atoms with Gasteiger partial charge in [0.2, 0.25) is 0 Å². The van der Waals surface area contributed by atoms with Gasteiger partial charge in [-0.05, 0) is 43.5 Å². The lowest BCUT2D eigenvalue weighted by Crippen LogP contribution is -2.10. The predicted molar refractivity (Wildman–Crippen MR) is 74.5 cm³/mol. The molecule has 0 saturated heterocycles. The van der Waals surface area contributed by atoms with E-state index in [0.717, 1.165) is 35.8 Å². The Bertz CT molecular complexity index is 582. The van der Waals surface area contributed by atoms with Crippen molar-refractivity contribution in [1.29, 1.82) is 0 Å². The molecule has 0 fully saturated rings. The minimum atomic E-state index is -0.435. The molecule has 1 aliphatic rings. The summed E-state index contributed by atoms with van der Waals surface area (Å²) >= 11 is 1.61. The van der Waals surface area contributed by atoms with Crippen LogP contribution in [0.25, 0.3) is 0 Å². The molecule has 0 amide bonds. The summed E-state index contributed by atoms with van der Waals surface area (Å²) in [5, 5.41) is 10.8. The van der Waals surface area contributed by atoms with Crippen molar-refractivity contribution in [2.75, 3.05) is 11.9 Å². The Hall–Kier alpha value is -1.46. The zero-order chi connectivity index (χ0) is 13.4. The number of aryl methyl sites for hydroxylation is 1. The lowest BCUT2D eigenvalue weighted by molar-refractivity contribution is 0.153. The van der Waals surface area contributed by atoms with Crippen molar-refractivity contribution in [1.82, 2.24) is 4.98 Å². The fourth-order valence-corrected chi connectivity index (χ4v) is 3.44. The van der Waals surface area contributed by atoms with E-state index in [1.54, 1.807) is 23.5 Å². The Morgan fingerprint density at radius 3 is 2.79 bits per heavy atom. The summed E-state index contributed by atoms with van der Waals surface area (Å²) in [5.74, 6) is -0.244. The average Bonchev–Trinajstić information content (AvgIpc) is 2.84. The molecule has 1 heterocycles. The molecule has 1 unspecified atom stereocenters. The highest BCUT2D eigenvalue weighted by molar-refractivity contribution is 7.15. The Morgan fingerprint density at radius 2 is 2.11 bits per heavy atom. The number of aromatic nitrogens is 1. The van der Waals surface area contributed by atoms with Gasteiger partial charge in [-0.25, -0.2) is 9.37 Å². The van der Waals surface area contributed by atoms with E-state index in [1.165, 1.54) is 17.0 Å². The van der Waals surface area contributed by atoms with Crippen LogP contribution in [0.1, 0.15) is 29.5 Å². The van der Waals surface area contributed by atoms with Crippen LogP contribution in [0.2, 0.25) is 0 Å². The van der Waals surface area contributed by atoms with Gasteiger partial charge in [-0.1, -0.05) is 0 Å². The van der Waals surface area contributed by atoms with Crippen molar-refractivity contribution in [3.63, 3.8) is 0 Å². The Balaban J connectivity index is 1.92. The highest BCUT2D eigenvalue weighted by atomic mass is 32.1. The number of thiazole rings is 1. The Morgan fingerprint density at radius 1 is 1.37 bits per heavy atom. The molecule has 0 radical (unpaired) electrons. The van der Waals surface area contributed by atoms with Crippen molar-refractivity contribution >= 4 is 22.2 Å². The maximum atomic E-state index is 12.9. The standard InChI is InChI=1S/C14H15FN2OS/c1-17(10-7-5-9(15)6-8-10)14-16-13-11(18)3-2-4-12(13)19-14/h5-8,11,18H,2-4H2,1H3. The van der Waals surface area contributed by atoms with Crippen LogP contribution >= 0.6 is 11.3 Å². The second kappa shape index (κ2) is 4.90. The molecule has 5 heteroatoms. The second-order valence-corrected chi connectivity index (χ2v) is 5.81. The monoisotopic (exact) mass is 278 g/mol. The third-order valence-corrected chi connectivity index (χ3v) is 4.62. The van der Waals surface area contributed by atoms with Gasteiger partial charge < -0.3 is 10.0 Å². The molecule has 1 aliphatic carbocycles. The minimum absolute atomic E-state index is 0.244. The molecular formula is C14H15FN2OS. The van der Waals surface area contributed by atoms with Crippen LogP contribution in [-0.2, 0) is 6.42 Å². The summed E-state index contributed by atoms with van der Waals surface area (Å²) in [4.78, 5) is 7.63. The number of anilines is 2. The molecule has 100 valence electrons. The number of aliphatic hydroxyl groups is 1. The van der Waals surface area contributed by atoms with Crippen LogP contribution in [-0.4, -0.2) is 17.1 Å². The van der Waals surface area contributed by atoms with Gasteiger partial charge in [-0.15, -0.1) is 11.3 Å². The molecule has 0 bridgehead atoms. The molecule has 1 N–H and O–H groups in total. The minimum Gasteiger partial charge on any atom is -0.387 e. The molecule has 19 heavy (non-hydrogen) atoms. The van der Waals surface area contributed by atoms with E-state index in [4.69, 9.17) is 0 Å². The van der Waals surface area contributed by atoms with Gasteiger partial charge in [0.15, 0.2) is 5.13 Å². The van der Waals surface area contributed by atoms with E-state index in [9.17, 15) is 9.50 Å². The summed E-state index contributed by atoms with van der Waals surface area (Å²) in [5.41, 5.74) is 1.71. The van der Waals surface area contributed by atoms with Gasteiger partial charge in [-0.2, -0.15) is 0 Å². The zero-order valence-electron chi connectivity index (χ0n) is 10.6. The maximum Gasteiger partial charge on any atom is 0.190 e.